The summed E-state index contributed by atoms with van der Waals surface area (Å²) in [6.45, 7) is 3.86. The van der Waals surface area contributed by atoms with Gasteiger partial charge in [-0.25, -0.2) is 0 Å². The summed E-state index contributed by atoms with van der Waals surface area (Å²) in [5.41, 5.74) is 9.73. The molecule has 0 aliphatic heterocycles. The van der Waals surface area contributed by atoms with Crippen molar-refractivity contribution in [3.05, 3.63) is 58.1 Å². The van der Waals surface area contributed by atoms with E-state index in [9.17, 15) is 0 Å². The number of hydrogen-bond acceptors (Lipinski definition) is 3. The van der Waals surface area contributed by atoms with Crippen LogP contribution in [0.2, 0.25) is 5.02 Å². The zero-order chi connectivity index (χ0) is 12.4. The molecule has 2 N–H and O–H groups in total. The third kappa shape index (κ3) is 2.62. The maximum atomic E-state index is 6.12. The predicted molar refractivity (Wildman–Crippen MR) is 69.0 cm³/mol. The number of halogens is 1. The zero-order valence-electron chi connectivity index (χ0n) is 9.81. The van der Waals surface area contributed by atoms with Gasteiger partial charge in [-0.1, -0.05) is 23.7 Å². The number of aryl methyl sites for hydroxylation is 2. The van der Waals surface area contributed by atoms with Crippen LogP contribution in [0.4, 0.5) is 0 Å². The number of nitrogens with two attached hydrogens (primary N) is 1. The minimum atomic E-state index is -0.291. The van der Waals surface area contributed by atoms with Crippen LogP contribution in [0.1, 0.15) is 28.6 Å². The SMILES string of the molecule is Cc1cnc(C(N)c2ccc(C)c(Cl)c2)cn1. The molecule has 17 heavy (non-hydrogen) atoms. The van der Waals surface area contributed by atoms with Crippen LogP contribution >= 0.6 is 11.6 Å². The van der Waals surface area contributed by atoms with Gasteiger partial charge in [0.05, 0.1) is 23.6 Å². The summed E-state index contributed by atoms with van der Waals surface area (Å²) in [6, 6.07) is 5.51. The van der Waals surface area contributed by atoms with Crippen molar-refractivity contribution in [2.24, 2.45) is 5.73 Å². The monoisotopic (exact) mass is 247 g/mol. The fourth-order valence-corrected chi connectivity index (χ4v) is 1.73. The fraction of sp³-hybridized carbons (Fsp3) is 0.231. The highest BCUT2D eigenvalue weighted by molar-refractivity contribution is 6.31. The first kappa shape index (κ1) is 12.0. The van der Waals surface area contributed by atoms with Crippen LogP contribution in [0.15, 0.2) is 30.6 Å². The highest BCUT2D eigenvalue weighted by Crippen LogP contribution is 2.23. The number of aromatic nitrogens is 2. The molecule has 4 heteroatoms. The van der Waals surface area contributed by atoms with E-state index in [2.05, 4.69) is 9.97 Å². The van der Waals surface area contributed by atoms with Gasteiger partial charge in [-0.15, -0.1) is 0 Å². The van der Waals surface area contributed by atoms with Gasteiger partial charge in [0.15, 0.2) is 0 Å². The zero-order valence-corrected chi connectivity index (χ0v) is 10.6. The Bertz CT molecular complexity index is 523. The van der Waals surface area contributed by atoms with Gasteiger partial charge in [0.2, 0.25) is 0 Å². The minimum absolute atomic E-state index is 0.291. The summed E-state index contributed by atoms with van der Waals surface area (Å²) >= 11 is 6.08. The summed E-state index contributed by atoms with van der Waals surface area (Å²) < 4.78 is 0. The quantitative estimate of drug-likeness (QED) is 0.888. The molecule has 1 aromatic heterocycles. The summed E-state index contributed by atoms with van der Waals surface area (Å²) in [4.78, 5) is 8.47. The molecule has 1 heterocycles. The molecule has 2 aromatic rings. The van der Waals surface area contributed by atoms with Crippen molar-refractivity contribution in [1.29, 1.82) is 0 Å². The van der Waals surface area contributed by atoms with Crippen molar-refractivity contribution in [1.82, 2.24) is 9.97 Å². The molecule has 1 unspecified atom stereocenters. The molecule has 3 nitrogen and oxygen atoms in total. The van der Waals surface area contributed by atoms with Crippen LogP contribution in [-0.4, -0.2) is 9.97 Å². The molecule has 1 atom stereocenters. The molecule has 0 spiro atoms. The van der Waals surface area contributed by atoms with Crippen LogP contribution in [0, 0.1) is 13.8 Å². The Morgan fingerprint density at radius 3 is 2.53 bits per heavy atom. The Balaban J connectivity index is 2.33. The first-order valence-corrected chi connectivity index (χ1v) is 5.76. The van der Waals surface area contributed by atoms with E-state index in [0.717, 1.165) is 27.5 Å². The smallest absolute Gasteiger partial charge is 0.0799 e. The minimum Gasteiger partial charge on any atom is -0.319 e. The Labute approximate surface area is 106 Å². The van der Waals surface area contributed by atoms with Gasteiger partial charge in [-0.2, -0.15) is 0 Å². The van der Waals surface area contributed by atoms with Crippen molar-refractivity contribution in [3.8, 4) is 0 Å². The average Bonchev–Trinajstić information content (AvgIpc) is 2.33. The average molecular weight is 248 g/mol. The predicted octanol–water partition coefficient (Wildman–Crippen LogP) is 2.79. The molecule has 2 rings (SSSR count). The van der Waals surface area contributed by atoms with Crippen LogP contribution in [0.25, 0.3) is 0 Å². The second kappa shape index (κ2) is 4.82. The van der Waals surface area contributed by atoms with Crippen LogP contribution in [0.3, 0.4) is 0 Å². The molecule has 0 aliphatic carbocycles. The summed E-state index contributed by atoms with van der Waals surface area (Å²) in [6.07, 6.45) is 3.42. The largest absolute Gasteiger partial charge is 0.319 e. The van der Waals surface area contributed by atoms with Crippen LogP contribution < -0.4 is 5.73 Å². The van der Waals surface area contributed by atoms with Crippen LogP contribution in [-0.2, 0) is 0 Å². The number of rotatable bonds is 2. The van der Waals surface area contributed by atoms with Gasteiger partial charge < -0.3 is 5.73 Å². The van der Waals surface area contributed by atoms with Crippen molar-refractivity contribution in [2.45, 2.75) is 19.9 Å². The normalized spacial score (nSPS) is 12.5. The Hall–Kier alpha value is -1.45. The lowest BCUT2D eigenvalue weighted by Gasteiger charge is -2.12. The molecular weight excluding hydrogens is 234 g/mol. The number of benzene rings is 1. The lowest BCUT2D eigenvalue weighted by molar-refractivity contribution is 0.813. The topological polar surface area (TPSA) is 51.8 Å². The second-order valence-corrected chi connectivity index (χ2v) is 4.48. The van der Waals surface area contributed by atoms with E-state index < -0.39 is 0 Å². The first-order chi connectivity index (χ1) is 8.08. The van der Waals surface area contributed by atoms with Crippen molar-refractivity contribution in [2.75, 3.05) is 0 Å². The van der Waals surface area contributed by atoms with E-state index in [0.29, 0.717) is 0 Å². The van der Waals surface area contributed by atoms with E-state index in [1.807, 2.05) is 32.0 Å². The Morgan fingerprint density at radius 1 is 1.18 bits per heavy atom. The van der Waals surface area contributed by atoms with E-state index in [-0.39, 0.29) is 6.04 Å². The lowest BCUT2D eigenvalue weighted by Crippen LogP contribution is -2.14. The second-order valence-electron chi connectivity index (χ2n) is 4.07. The van der Waals surface area contributed by atoms with Gasteiger partial charge in [-0.3, -0.25) is 9.97 Å². The third-order valence-corrected chi connectivity index (χ3v) is 3.08. The molecular formula is C13H14ClN3. The fourth-order valence-electron chi connectivity index (χ4n) is 1.54. The first-order valence-electron chi connectivity index (χ1n) is 5.38. The highest BCUT2D eigenvalue weighted by atomic mass is 35.5. The summed E-state index contributed by atoms with van der Waals surface area (Å²) in [5, 5.41) is 0.720. The van der Waals surface area contributed by atoms with Gasteiger partial charge in [0, 0.05) is 11.2 Å². The van der Waals surface area contributed by atoms with E-state index in [1.54, 1.807) is 12.4 Å². The van der Waals surface area contributed by atoms with Crippen LogP contribution in [0.5, 0.6) is 0 Å². The van der Waals surface area contributed by atoms with Gasteiger partial charge in [-0.05, 0) is 31.0 Å². The van der Waals surface area contributed by atoms with Gasteiger partial charge in [0.1, 0.15) is 0 Å². The molecule has 88 valence electrons. The van der Waals surface area contributed by atoms with E-state index >= 15 is 0 Å². The Morgan fingerprint density at radius 2 is 1.94 bits per heavy atom. The highest BCUT2D eigenvalue weighted by Gasteiger charge is 2.11. The molecule has 0 saturated heterocycles. The van der Waals surface area contributed by atoms with Crippen molar-refractivity contribution >= 4 is 11.6 Å². The molecule has 0 saturated carbocycles. The van der Waals surface area contributed by atoms with Gasteiger partial charge in [0.25, 0.3) is 0 Å². The molecule has 0 aliphatic rings. The summed E-state index contributed by atoms with van der Waals surface area (Å²) in [5.74, 6) is 0. The third-order valence-electron chi connectivity index (χ3n) is 2.67. The maximum Gasteiger partial charge on any atom is 0.0799 e. The molecule has 0 amide bonds. The van der Waals surface area contributed by atoms with Crippen molar-refractivity contribution < 1.29 is 0 Å². The molecule has 0 bridgehead atoms. The van der Waals surface area contributed by atoms with Gasteiger partial charge >= 0.3 is 0 Å². The van der Waals surface area contributed by atoms with Crippen molar-refractivity contribution in [3.63, 3.8) is 0 Å². The molecule has 1 aromatic carbocycles. The molecule has 0 fully saturated rings. The number of nitrogens with zero attached hydrogens (tertiary/aromatic N) is 2. The molecule has 0 radical (unpaired) electrons. The summed E-state index contributed by atoms with van der Waals surface area (Å²) in [7, 11) is 0. The van der Waals surface area contributed by atoms with E-state index in [1.165, 1.54) is 0 Å². The number of hydrogen-bond donors (Lipinski definition) is 1. The standard InChI is InChI=1S/C13H14ClN3/c1-8-3-4-10(5-11(8)14)13(15)12-7-16-9(2)6-17-12/h3-7,13H,15H2,1-2H3. The van der Waals surface area contributed by atoms with E-state index in [4.69, 9.17) is 17.3 Å². The maximum absolute atomic E-state index is 6.12. The Kier molecular flexibility index (Phi) is 3.41. The lowest BCUT2D eigenvalue weighted by atomic mass is 10.0.